The Bertz CT molecular complexity index is 2330. The van der Waals surface area contributed by atoms with E-state index in [0.717, 1.165) is 16.7 Å². The summed E-state index contributed by atoms with van der Waals surface area (Å²) in [5, 5.41) is 19.8. The van der Waals surface area contributed by atoms with Gasteiger partial charge in [0.2, 0.25) is 23.6 Å². The maximum Gasteiger partial charge on any atom is 0.241 e. The first kappa shape index (κ1) is 36.1. The highest BCUT2D eigenvalue weighted by Gasteiger charge is 2.68. The van der Waals surface area contributed by atoms with Gasteiger partial charge in [0.05, 0.1) is 58.1 Å². The molecule has 4 aromatic rings. The van der Waals surface area contributed by atoms with Crippen molar-refractivity contribution in [1.82, 2.24) is 0 Å². The molecule has 280 valence electrons. The minimum Gasteiger partial charge on any atom is -0.508 e. The largest absolute Gasteiger partial charge is 0.508 e. The van der Waals surface area contributed by atoms with Gasteiger partial charge in [-0.15, -0.1) is 0 Å². The van der Waals surface area contributed by atoms with Crippen molar-refractivity contribution < 1.29 is 33.4 Å². The smallest absolute Gasteiger partial charge is 0.241 e. The predicted molar refractivity (Wildman–Crippen MR) is 205 cm³/mol. The molecule has 4 amide bonds. The number of fused-ring (bicyclic) bond motifs is 4. The van der Waals surface area contributed by atoms with E-state index in [9.17, 15) is 28.7 Å². The molecule has 0 aromatic heterocycles. The normalized spacial score (nSPS) is 25.9. The van der Waals surface area contributed by atoms with E-state index in [4.69, 9.17) is 16.3 Å². The van der Waals surface area contributed by atoms with Gasteiger partial charge in [-0.1, -0.05) is 29.3 Å². The maximum atomic E-state index is 14.7. The number of rotatable bonds is 7. The molecule has 1 N–H and O–H groups in total. The molecule has 6 unspecified atom stereocenters. The molecule has 4 aliphatic rings. The Hall–Kier alpha value is -5.88. The standard InChI is InChI=1S/C42H37ClFN5O6/c1-42-30(39(52)49(41(42)54)26-16-19-32(44)31(43)20-26)21-29-27(37(42)36-33(50)6-5-7-34(36)55-4)17-18-28-35(29)40(53)48(38(28)51)25-14-10-23(11-15-25)46-45-22-8-12-24(13-9-22)47(2)3/h5-17,19-20,28-30,35,37,50H,18,21H2,1-4H3. The summed E-state index contributed by atoms with van der Waals surface area (Å²) in [7, 11) is 5.35. The summed E-state index contributed by atoms with van der Waals surface area (Å²) in [6.07, 6.45) is 2.19. The number of halogens is 2. The molecule has 2 aliphatic carbocycles. The third kappa shape index (κ3) is 5.61. The van der Waals surface area contributed by atoms with Gasteiger partial charge in [0.25, 0.3) is 0 Å². The molecule has 1 saturated carbocycles. The van der Waals surface area contributed by atoms with Crippen LogP contribution in [0.2, 0.25) is 5.02 Å². The summed E-state index contributed by atoms with van der Waals surface area (Å²) in [6.45, 7) is 1.69. The number of hydrogen-bond donors (Lipinski definition) is 1. The molecular weight excluding hydrogens is 725 g/mol. The molecule has 0 spiro atoms. The lowest BCUT2D eigenvalue weighted by Gasteiger charge is -2.49. The van der Waals surface area contributed by atoms with Gasteiger partial charge in [-0.25, -0.2) is 9.29 Å². The van der Waals surface area contributed by atoms with Crippen molar-refractivity contribution in [2.75, 3.05) is 35.9 Å². The number of anilines is 3. The number of aromatic hydroxyl groups is 1. The average molecular weight is 762 g/mol. The quantitative estimate of drug-likeness (QED) is 0.114. The Morgan fingerprint density at radius 1 is 0.855 bits per heavy atom. The highest BCUT2D eigenvalue weighted by molar-refractivity contribution is 6.32. The first-order chi connectivity index (χ1) is 26.3. The van der Waals surface area contributed by atoms with Crippen LogP contribution in [0.5, 0.6) is 11.5 Å². The van der Waals surface area contributed by atoms with Crippen LogP contribution in [0.1, 0.15) is 31.2 Å². The van der Waals surface area contributed by atoms with Crippen molar-refractivity contribution in [3.8, 4) is 11.5 Å². The zero-order valence-corrected chi connectivity index (χ0v) is 31.2. The second-order valence-corrected chi connectivity index (χ2v) is 15.2. The first-order valence-electron chi connectivity index (χ1n) is 17.9. The molecule has 2 aliphatic heterocycles. The number of nitrogens with zero attached hydrogens (tertiary/aromatic N) is 5. The van der Waals surface area contributed by atoms with E-state index < -0.39 is 58.5 Å². The van der Waals surface area contributed by atoms with E-state index in [2.05, 4.69) is 10.2 Å². The van der Waals surface area contributed by atoms with Crippen LogP contribution >= 0.6 is 11.6 Å². The Morgan fingerprint density at radius 2 is 1.51 bits per heavy atom. The molecule has 0 bridgehead atoms. The number of phenols is 1. The van der Waals surface area contributed by atoms with E-state index in [1.165, 1.54) is 30.2 Å². The summed E-state index contributed by atoms with van der Waals surface area (Å²) in [6, 6.07) is 22.7. The summed E-state index contributed by atoms with van der Waals surface area (Å²) >= 11 is 6.11. The van der Waals surface area contributed by atoms with Gasteiger partial charge in [0.15, 0.2) is 0 Å². The maximum absolute atomic E-state index is 14.7. The van der Waals surface area contributed by atoms with Crippen LogP contribution in [0.4, 0.5) is 32.8 Å². The van der Waals surface area contributed by atoms with Crippen molar-refractivity contribution >= 4 is 63.7 Å². The molecular formula is C42H37ClFN5O6. The fraction of sp³-hybridized carbons (Fsp3) is 0.286. The fourth-order valence-electron chi connectivity index (χ4n) is 9.05. The third-order valence-corrected chi connectivity index (χ3v) is 12.0. The number of ether oxygens (including phenoxy) is 1. The minimum absolute atomic E-state index is 0.0909. The lowest BCUT2D eigenvalue weighted by atomic mass is 9.51. The van der Waals surface area contributed by atoms with Crippen LogP contribution in [0.15, 0.2) is 107 Å². The van der Waals surface area contributed by atoms with Crippen molar-refractivity contribution in [1.29, 1.82) is 0 Å². The lowest BCUT2D eigenvalue weighted by Crippen LogP contribution is -2.49. The number of azo groups is 1. The van der Waals surface area contributed by atoms with Crippen LogP contribution < -0.4 is 19.4 Å². The third-order valence-electron chi connectivity index (χ3n) is 11.7. The van der Waals surface area contributed by atoms with Crippen LogP contribution in [0, 0.1) is 34.9 Å². The second-order valence-electron chi connectivity index (χ2n) is 14.8. The van der Waals surface area contributed by atoms with Gasteiger partial charge in [-0.2, -0.15) is 10.2 Å². The molecule has 2 heterocycles. The molecule has 3 fully saturated rings. The second kappa shape index (κ2) is 13.5. The molecule has 8 rings (SSSR count). The Balaban J connectivity index is 1.15. The van der Waals surface area contributed by atoms with E-state index in [1.54, 1.807) is 43.3 Å². The lowest BCUT2D eigenvalue weighted by molar-refractivity contribution is -0.131. The summed E-state index contributed by atoms with van der Waals surface area (Å²) < 4.78 is 19.9. The zero-order chi connectivity index (χ0) is 38.9. The number of phenolic OH excluding ortho intramolecular Hbond substituents is 1. The van der Waals surface area contributed by atoms with E-state index in [1.807, 2.05) is 49.3 Å². The predicted octanol–water partition coefficient (Wildman–Crippen LogP) is 8.11. The van der Waals surface area contributed by atoms with Gasteiger partial charge in [0.1, 0.15) is 17.3 Å². The zero-order valence-electron chi connectivity index (χ0n) is 30.4. The number of imide groups is 2. The van der Waals surface area contributed by atoms with Crippen molar-refractivity contribution in [3.63, 3.8) is 0 Å². The molecule has 4 aromatic carbocycles. The summed E-state index contributed by atoms with van der Waals surface area (Å²) in [5.74, 6) is -6.47. The van der Waals surface area contributed by atoms with Crippen LogP contribution in [-0.2, 0) is 19.2 Å². The highest BCUT2D eigenvalue weighted by atomic mass is 35.5. The fourth-order valence-corrected chi connectivity index (χ4v) is 9.22. The van der Waals surface area contributed by atoms with Gasteiger partial charge < -0.3 is 14.7 Å². The topological polar surface area (TPSA) is 132 Å². The number of amides is 4. The number of carbonyl (C=O) groups is 4. The Kier molecular flexibility index (Phi) is 8.83. The monoisotopic (exact) mass is 761 g/mol. The minimum atomic E-state index is -1.46. The van der Waals surface area contributed by atoms with E-state index in [-0.39, 0.29) is 35.2 Å². The van der Waals surface area contributed by atoms with Gasteiger partial charge in [0, 0.05) is 31.3 Å². The summed E-state index contributed by atoms with van der Waals surface area (Å²) in [4.78, 5) is 62.0. The molecule has 2 saturated heterocycles. The van der Waals surface area contributed by atoms with Crippen LogP contribution in [-0.4, -0.2) is 49.9 Å². The number of hydrogen-bond acceptors (Lipinski definition) is 9. The van der Waals surface area contributed by atoms with Crippen molar-refractivity contribution in [3.05, 3.63) is 113 Å². The van der Waals surface area contributed by atoms with E-state index >= 15 is 0 Å². The average Bonchev–Trinajstić information content (AvgIpc) is 3.55. The SMILES string of the molecule is COc1cccc(O)c1C1C2=CCC3C(=O)N(c4ccc(N=Nc5ccc(N(C)C)cc5)cc4)C(=O)C3C2CC2C(=O)N(c3ccc(F)c(Cl)c3)C(=O)C21C. The summed E-state index contributed by atoms with van der Waals surface area (Å²) in [5.41, 5.74) is 2.25. The molecule has 0 radical (unpaired) electrons. The number of benzene rings is 4. The molecule has 55 heavy (non-hydrogen) atoms. The Morgan fingerprint density at radius 3 is 2.15 bits per heavy atom. The van der Waals surface area contributed by atoms with Gasteiger partial charge >= 0.3 is 0 Å². The van der Waals surface area contributed by atoms with Gasteiger partial charge in [-0.3, -0.25) is 24.1 Å². The number of methoxy groups -OCH3 is 1. The van der Waals surface area contributed by atoms with Crippen LogP contribution in [0.3, 0.4) is 0 Å². The Labute approximate surface area is 321 Å². The highest BCUT2D eigenvalue weighted by Crippen LogP contribution is 2.65. The first-order valence-corrected chi connectivity index (χ1v) is 18.3. The molecule has 6 atom stereocenters. The van der Waals surface area contributed by atoms with Crippen LogP contribution in [0.25, 0.3) is 0 Å². The van der Waals surface area contributed by atoms with E-state index in [0.29, 0.717) is 33.9 Å². The van der Waals surface area contributed by atoms with Gasteiger partial charge in [-0.05, 0) is 105 Å². The number of allylic oxidation sites excluding steroid dienone is 2. The van der Waals surface area contributed by atoms with Crippen molar-refractivity contribution in [2.24, 2.45) is 39.3 Å². The molecule has 11 nitrogen and oxygen atoms in total. The molecule has 13 heteroatoms. The number of carbonyl (C=O) groups excluding carboxylic acids is 4. The van der Waals surface area contributed by atoms with Crippen molar-refractivity contribution in [2.45, 2.75) is 25.7 Å².